The van der Waals surface area contributed by atoms with Crippen molar-refractivity contribution in [1.29, 1.82) is 0 Å². The molecule has 0 spiro atoms. The van der Waals surface area contributed by atoms with Gasteiger partial charge in [-0.05, 0) is 35.2 Å². The summed E-state index contributed by atoms with van der Waals surface area (Å²) < 4.78 is 11.5. The molecule has 0 bridgehead atoms. The second kappa shape index (κ2) is 8.62. The first-order valence-electron chi connectivity index (χ1n) is 15.4. The number of aromatic nitrogens is 2. The van der Waals surface area contributed by atoms with E-state index in [1.807, 2.05) is 18.2 Å². The molecule has 12 aromatic rings. The number of benzene rings is 7. The van der Waals surface area contributed by atoms with Gasteiger partial charge in [-0.25, -0.2) is 11.1 Å². The van der Waals surface area contributed by atoms with Gasteiger partial charge in [0, 0.05) is 43.1 Å². The Morgan fingerprint density at radius 1 is 0.457 bits per heavy atom. The average molecular weight is 807 g/mol. The van der Waals surface area contributed by atoms with Crippen LogP contribution in [0, 0.1) is 43.2 Å². The Morgan fingerprint density at radius 2 is 1.07 bits per heavy atom. The van der Waals surface area contributed by atoms with Crippen LogP contribution in [0.15, 0.2) is 126 Å². The van der Waals surface area contributed by atoms with E-state index in [0.29, 0.717) is 0 Å². The summed E-state index contributed by atoms with van der Waals surface area (Å²) in [5.41, 5.74) is 11.2. The van der Waals surface area contributed by atoms with E-state index in [9.17, 15) is 0 Å². The smallest absolute Gasteiger partial charge is 0.454 e. The SMILES string of the molecule is [U+2].[c-]1ccccc1-c1[c-]c2c(cc1)c1cccc3c4cc5c(cc4n2c13)c1cccc2c3ccc4c6ccccc6oc4c3n5c12. The van der Waals surface area contributed by atoms with Crippen molar-refractivity contribution in [2.75, 3.05) is 0 Å². The maximum atomic E-state index is 6.62. The number of fused-ring (bicyclic) bond motifs is 16. The molecule has 5 heterocycles. The van der Waals surface area contributed by atoms with Gasteiger partial charge in [-0.1, -0.05) is 66.0 Å². The number of hydrogen-bond donors (Lipinski definition) is 0. The number of rotatable bonds is 1. The molecule has 208 valence electrons. The maximum Gasteiger partial charge on any atom is 2.00 e. The van der Waals surface area contributed by atoms with Gasteiger partial charge in [-0.2, -0.15) is 36.4 Å². The topological polar surface area (TPSA) is 22.0 Å². The third-order valence-corrected chi connectivity index (χ3v) is 10.2. The van der Waals surface area contributed by atoms with E-state index >= 15 is 0 Å². The van der Waals surface area contributed by atoms with E-state index in [2.05, 4.69) is 124 Å². The summed E-state index contributed by atoms with van der Waals surface area (Å²) in [5.74, 6) is 0. The van der Waals surface area contributed by atoms with Crippen LogP contribution in [0.3, 0.4) is 0 Å². The molecular weight excluding hydrogens is 787 g/mol. The fourth-order valence-corrected chi connectivity index (χ4v) is 8.33. The van der Waals surface area contributed by atoms with Crippen molar-refractivity contribution < 1.29 is 35.5 Å². The normalized spacial score (nSPS) is 12.6. The molecule has 0 atom stereocenters. The van der Waals surface area contributed by atoms with Crippen LogP contribution in [0.5, 0.6) is 0 Å². The molecule has 0 saturated heterocycles. The Morgan fingerprint density at radius 3 is 1.85 bits per heavy atom. The molecule has 0 aliphatic rings. The fourth-order valence-electron chi connectivity index (χ4n) is 8.33. The van der Waals surface area contributed by atoms with E-state index in [-0.39, 0.29) is 31.1 Å². The number of furan rings is 1. The Labute approximate surface area is 285 Å². The molecule has 0 aliphatic carbocycles. The maximum absolute atomic E-state index is 6.62. The largest absolute Gasteiger partial charge is 2.00 e. The van der Waals surface area contributed by atoms with Crippen molar-refractivity contribution >= 4 is 98.1 Å². The summed E-state index contributed by atoms with van der Waals surface area (Å²) in [4.78, 5) is 0. The minimum Gasteiger partial charge on any atom is -0.454 e. The molecule has 0 aliphatic heterocycles. The third kappa shape index (κ3) is 2.87. The number of nitrogens with zero attached hydrogens (tertiary/aromatic N) is 2. The quantitative estimate of drug-likeness (QED) is 0.152. The van der Waals surface area contributed by atoms with Crippen molar-refractivity contribution in [3.05, 3.63) is 133 Å². The molecule has 0 amide bonds. The molecule has 5 aromatic heterocycles. The van der Waals surface area contributed by atoms with Crippen LogP contribution in [-0.2, 0) is 0 Å². The zero-order valence-corrected chi connectivity index (χ0v) is 28.5. The summed E-state index contributed by atoms with van der Waals surface area (Å²) in [6.45, 7) is 0. The number of para-hydroxylation sites is 3. The van der Waals surface area contributed by atoms with Crippen LogP contribution in [-0.4, -0.2) is 8.80 Å². The molecule has 0 N–H and O–H groups in total. The summed E-state index contributed by atoms with van der Waals surface area (Å²) >= 11 is 0. The van der Waals surface area contributed by atoms with Gasteiger partial charge in [0.05, 0.1) is 27.6 Å². The molecule has 0 saturated carbocycles. The van der Waals surface area contributed by atoms with Crippen molar-refractivity contribution in [3.63, 3.8) is 0 Å². The van der Waals surface area contributed by atoms with Crippen molar-refractivity contribution in [3.8, 4) is 11.1 Å². The van der Waals surface area contributed by atoms with Crippen LogP contribution in [0.1, 0.15) is 0 Å². The molecule has 0 fully saturated rings. The van der Waals surface area contributed by atoms with E-state index in [0.717, 1.165) is 44.1 Å². The van der Waals surface area contributed by atoms with Gasteiger partial charge in [-0.3, -0.25) is 0 Å². The second-order valence-corrected chi connectivity index (χ2v) is 12.3. The minimum absolute atomic E-state index is 0. The standard InChI is InChI=1S/C42H20N2O.U/c1-2-8-23(9-3-1)24-16-17-25-27-11-6-13-29-33-22-37-34(21-36(33)43(39(27)29)35(25)20-24)30-14-7-12-28-31-18-19-32-26-10-4-5-15-38(26)45-42(32)41(31)44(37)40(28)30;/h1-8,10-19,21-22H;/q-2;+2. The summed E-state index contributed by atoms with van der Waals surface area (Å²) in [7, 11) is 0. The van der Waals surface area contributed by atoms with Gasteiger partial charge in [0.2, 0.25) is 0 Å². The van der Waals surface area contributed by atoms with Gasteiger partial charge in [-0.15, -0.1) is 12.1 Å². The fraction of sp³-hybridized carbons (Fsp3) is 0. The molecule has 0 unspecified atom stereocenters. The molecule has 0 radical (unpaired) electrons. The van der Waals surface area contributed by atoms with Gasteiger partial charge in [0.25, 0.3) is 0 Å². The minimum atomic E-state index is 0. The van der Waals surface area contributed by atoms with Gasteiger partial charge in [0.1, 0.15) is 5.58 Å². The van der Waals surface area contributed by atoms with Gasteiger partial charge < -0.3 is 13.2 Å². The number of hydrogen-bond acceptors (Lipinski definition) is 1. The molecule has 3 nitrogen and oxygen atoms in total. The first kappa shape index (κ1) is 25.2. The summed E-state index contributed by atoms with van der Waals surface area (Å²) in [6, 6.07) is 50.9. The molecular formula is C42H20N2OU. The van der Waals surface area contributed by atoms with Crippen LogP contribution in [0.2, 0.25) is 0 Å². The summed E-state index contributed by atoms with van der Waals surface area (Å²) in [6.07, 6.45) is 0. The van der Waals surface area contributed by atoms with Crippen molar-refractivity contribution in [2.24, 2.45) is 0 Å². The van der Waals surface area contributed by atoms with E-state index < -0.39 is 0 Å². The molecule has 12 rings (SSSR count). The van der Waals surface area contributed by atoms with Gasteiger partial charge >= 0.3 is 31.1 Å². The first-order chi connectivity index (χ1) is 22.3. The molecule has 46 heavy (non-hydrogen) atoms. The molecule has 7 aromatic carbocycles. The zero-order chi connectivity index (χ0) is 29.0. The monoisotopic (exact) mass is 806 g/mol. The van der Waals surface area contributed by atoms with Crippen LogP contribution >= 0.6 is 0 Å². The van der Waals surface area contributed by atoms with Crippen molar-refractivity contribution in [1.82, 2.24) is 8.80 Å². The van der Waals surface area contributed by atoms with Crippen molar-refractivity contribution in [2.45, 2.75) is 0 Å². The van der Waals surface area contributed by atoms with Gasteiger partial charge in [0.15, 0.2) is 5.58 Å². The van der Waals surface area contributed by atoms with Crippen LogP contribution in [0.25, 0.3) is 109 Å². The zero-order valence-electron chi connectivity index (χ0n) is 24.3. The first-order valence-corrected chi connectivity index (χ1v) is 15.4. The second-order valence-electron chi connectivity index (χ2n) is 12.3. The Hall–Kier alpha value is -5.01. The Bertz CT molecular complexity index is 3200. The molecule has 4 heteroatoms. The Balaban J connectivity index is 0.00000261. The predicted octanol–water partition coefficient (Wildman–Crippen LogP) is 11.2. The Kier molecular flexibility index (Phi) is 4.72. The average Bonchev–Trinajstić information content (AvgIpc) is 3.88. The van der Waals surface area contributed by atoms with E-state index in [1.54, 1.807) is 0 Å². The summed E-state index contributed by atoms with van der Waals surface area (Å²) in [5, 5.41) is 12.3. The van der Waals surface area contributed by atoms with E-state index in [4.69, 9.17) is 4.42 Å². The third-order valence-electron chi connectivity index (χ3n) is 10.2. The predicted molar refractivity (Wildman–Crippen MR) is 186 cm³/mol. The van der Waals surface area contributed by atoms with Crippen LogP contribution < -0.4 is 0 Å². The van der Waals surface area contributed by atoms with Crippen LogP contribution in [0.4, 0.5) is 0 Å². The van der Waals surface area contributed by atoms with E-state index in [1.165, 1.54) is 65.2 Å².